The van der Waals surface area contributed by atoms with Crippen molar-refractivity contribution in [3.8, 4) is 0 Å². The molecule has 0 radical (unpaired) electrons. The lowest BCUT2D eigenvalue weighted by atomic mass is 10.8. The van der Waals surface area contributed by atoms with Gasteiger partial charge in [0.1, 0.15) is 0 Å². The van der Waals surface area contributed by atoms with E-state index in [-0.39, 0.29) is 5.17 Å². The Morgan fingerprint density at radius 2 is 2.43 bits per heavy atom. The van der Waals surface area contributed by atoms with Crippen LogP contribution in [0.3, 0.4) is 0 Å². The van der Waals surface area contributed by atoms with E-state index in [4.69, 9.17) is 11.1 Å². The lowest BCUT2D eigenvalue weighted by Crippen LogP contribution is -2.51. The molecule has 0 unspecified atom stereocenters. The zero-order valence-electron chi connectivity index (χ0n) is 4.11. The Labute approximate surface area is 47.0 Å². The van der Waals surface area contributed by atoms with Gasteiger partial charge in [-0.25, -0.2) is 0 Å². The molecule has 0 aromatic heterocycles. The van der Waals surface area contributed by atoms with Crippen molar-refractivity contribution in [2.75, 3.05) is 12.3 Å². The molecule has 0 saturated carbocycles. The third-order valence-electron chi connectivity index (χ3n) is 0.402. The first-order chi connectivity index (χ1) is 3.27. The Balaban J connectivity index is 2.82. The van der Waals surface area contributed by atoms with Gasteiger partial charge in [-0.05, 0) is 0 Å². The van der Waals surface area contributed by atoms with E-state index >= 15 is 0 Å². The average Bonchev–Trinajstić information content (AvgIpc) is 1.61. The van der Waals surface area contributed by atoms with Crippen LogP contribution in [0.5, 0.6) is 0 Å². The third kappa shape index (κ3) is 5.78. The van der Waals surface area contributed by atoms with Crippen LogP contribution in [0.1, 0.15) is 0 Å². The summed E-state index contributed by atoms with van der Waals surface area (Å²) in [6, 6.07) is 0. The SMILES string of the molecule is N=C(N)SCC[NH3+]. The highest BCUT2D eigenvalue weighted by Crippen LogP contribution is 1.92. The quantitative estimate of drug-likeness (QED) is 0.318. The van der Waals surface area contributed by atoms with Crippen LogP contribution in [0.25, 0.3) is 0 Å². The second kappa shape index (κ2) is 3.95. The van der Waals surface area contributed by atoms with Gasteiger partial charge in [0.2, 0.25) is 0 Å². The molecule has 0 bridgehead atoms. The van der Waals surface area contributed by atoms with Crippen molar-refractivity contribution in [1.29, 1.82) is 5.41 Å². The number of thioether (sulfide) groups is 1. The molecule has 6 N–H and O–H groups in total. The number of nitrogens with two attached hydrogens (primary N) is 1. The highest BCUT2D eigenvalue weighted by molar-refractivity contribution is 8.13. The van der Waals surface area contributed by atoms with Gasteiger partial charge in [0.25, 0.3) is 0 Å². The van der Waals surface area contributed by atoms with E-state index in [1.165, 1.54) is 11.8 Å². The summed E-state index contributed by atoms with van der Waals surface area (Å²) < 4.78 is 0. The van der Waals surface area contributed by atoms with Gasteiger partial charge in [-0.15, -0.1) is 0 Å². The van der Waals surface area contributed by atoms with Crippen LogP contribution in [0.15, 0.2) is 0 Å². The largest absolute Gasteiger partial charge is 0.379 e. The van der Waals surface area contributed by atoms with E-state index < -0.39 is 0 Å². The number of quaternary nitrogens is 1. The predicted molar refractivity (Wildman–Crippen MR) is 32.1 cm³/mol. The molecule has 0 atom stereocenters. The molecule has 3 nitrogen and oxygen atoms in total. The predicted octanol–water partition coefficient (Wildman–Crippen LogP) is -1.15. The van der Waals surface area contributed by atoms with Gasteiger partial charge in [0, 0.05) is 0 Å². The molecule has 0 fully saturated rings. The summed E-state index contributed by atoms with van der Waals surface area (Å²) >= 11 is 1.33. The Morgan fingerprint density at radius 1 is 1.86 bits per heavy atom. The zero-order valence-corrected chi connectivity index (χ0v) is 4.92. The van der Waals surface area contributed by atoms with Crippen LogP contribution >= 0.6 is 11.8 Å². The standard InChI is InChI=1S/C3H9N3S/c4-1-2-7-3(5)6/h1-2,4H2,(H3,5,6)/p+1. The number of hydrogen-bond acceptors (Lipinski definition) is 2. The third-order valence-corrected chi connectivity index (χ3v) is 1.21. The molecule has 0 aromatic rings. The minimum absolute atomic E-state index is 0.184. The van der Waals surface area contributed by atoms with Crippen LogP contribution in [0, 0.1) is 5.41 Å². The van der Waals surface area contributed by atoms with E-state index in [0.717, 1.165) is 12.3 Å². The Kier molecular flexibility index (Phi) is 3.83. The zero-order chi connectivity index (χ0) is 5.70. The minimum atomic E-state index is 0.184. The molecule has 0 saturated heterocycles. The van der Waals surface area contributed by atoms with E-state index in [0.29, 0.717) is 0 Å². The maximum Gasteiger partial charge on any atom is 0.151 e. The van der Waals surface area contributed by atoms with Crippen molar-refractivity contribution in [2.45, 2.75) is 0 Å². The molecular formula is C3H10N3S+. The summed E-state index contributed by atoms with van der Waals surface area (Å²) in [4.78, 5) is 0. The Hall–Kier alpha value is -0.220. The van der Waals surface area contributed by atoms with Gasteiger partial charge in [-0.2, -0.15) is 0 Å². The summed E-state index contributed by atoms with van der Waals surface area (Å²) in [6.07, 6.45) is 0. The fourth-order valence-corrected chi connectivity index (χ4v) is 0.546. The summed E-state index contributed by atoms with van der Waals surface area (Å²) in [5.41, 5.74) is 8.58. The van der Waals surface area contributed by atoms with Gasteiger partial charge in [0.05, 0.1) is 12.3 Å². The number of amidine groups is 1. The van der Waals surface area contributed by atoms with Crippen molar-refractivity contribution in [1.82, 2.24) is 0 Å². The van der Waals surface area contributed by atoms with Gasteiger partial charge in [0.15, 0.2) is 5.17 Å². The van der Waals surface area contributed by atoms with Crippen molar-refractivity contribution >= 4 is 16.9 Å². The lowest BCUT2D eigenvalue weighted by Gasteiger charge is -1.88. The monoisotopic (exact) mass is 120 g/mol. The molecule has 0 amide bonds. The highest BCUT2D eigenvalue weighted by Gasteiger charge is 1.86. The van der Waals surface area contributed by atoms with E-state index in [2.05, 4.69) is 5.73 Å². The molecule has 0 aliphatic carbocycles. The van der Waals surface area contributed by atoms with Crippen molar-refractivity contribution in [3.63, 3.8) is 0 Å². The first kappa shape index (κ1) is 6.78. The molecular weight excluding hydrogens is 110 g/mol. The maximum atomic E-state index is 6.71. The average molecular weight is 120 g/mol. The molecule has 0 rings (SSSR count). The molecule has 0 heterocycles. The van der Waals surface area contributed by atoms with E-state index in [1.807, 2.05) is 0 Å². The fraction of sp³-hybridized carbons (Fsp3) is 0.667. The normalized spacial score (nSPS) is 8.71. The second-order valence-electron chi connectivity index (χ2n) is 1.07. The molecule has 42 valence electrons. The second-order valence-corrected chi connectivity index (χ2v) is 2.20. The fourth-order valence-electron chi connectivity index (χ4n) is 0.182. The maximum absolute atomic E-state index is 6.71. The Morgan fingerprint density at radius 3 is 2.57 bits per heavy atom. The van der Waals surface area contributed by atoms with Crippen molar-refractivity contribution < 1.29 is 5.73 Å². The highest BCUT2D eigenvalue weighted by atomic mass is 32.2. The number of rotatable bonds is 2. The molecule has 0 aliphatic rings. The van der Waals surface area contributed by atoms with E-state index in [9.17, 15) is 0 Å². The van der Waals surface area contributed by atoms with Crippen molar-refractivity contribution in [3.05, 3.63) is 0 Å². The summed E-state index contributed by atoms with van der Waals surface area (Å²) in [6.45, 7) is 0.838. The Bertz CT molecular complexity index is 63.2. The lowest BCUT2D eigenvalue weighted by molar-refractivity contribution is -0.360. The van der Waals surface area contributed by atoms with Gasteiger partial charge < -0.3 is 11.5 Å². The molecule has 0 aliphatic heterocycles. The van der Waals surface area contributed by atoms with Crippen LogP contribution in [0.2, 0.25) is 0 Å². The summed E-state index contributed by atoms with van der Waals surface area (Å²) in [5.74, 6) is 0.856. The number of nitrogens with one attached hydrogen (secondary N) is 1. The number of hydrogen-bond donors (Lipinski definition) is 3. The van der Waals surface area contributed by atoms with Crippen LogP contribution < -0.4 is 11.5 Å². The summed E-state index contributed by atoms with van der Waals surface area (Å²) in [7, 11) is 0. The van der Waals surface area contributed by atoms with Gasteiger partial charge >= 0.3 is 0 Å². The summed E-state index contributed by atoms with van der Waals surface area (Å²) in [5, 5.41) is 6.89. The molecule has 7 heavy (non-hydrogen) atoms. The van der Waals surface area contributed by atoms with Gasteiger partial charge in [-0.3, -0.25) is 5.41 Å². The first-order valence-electron chi connectivity index (χ1n) is 2.03. The molecule has 0 aromatic carbocycles. The van der Waals surface area contributed by atoms with E-state index in [1.54, 1.807) is 0 Å². The van der Waals surface area contributed by atoms with Crippen LogP contribution in [-0.4, -0.2) is 17.5 Å². The molecule has 4 heteroatoms. The van der Waals surface area contributed by atoms with Crippen molar-refractivity contribution in [2.24, 2.45) is 5.73 Å². The van der Waals surface area contributed by atoms with Crippen LogP contribution in [0.4, 0.5) is 0 Å². The topological polar surface area (TPSA) is 77.5 Å². The minimum Gasteiger partial charge on any atom is -0.379 e. The van der Waals surface area contributed by atoms with Crippen LogP contribution in [-0.2, 0) is 0 Å². The molecule has 0 spiro atoms. The smallest absolute Gasteiger partial charge is 0.151 e. The van der Waals surface area contributed by atoms with Gasteiger partial charge in [-0.1, -0.05) is 11.8 Å². The first-order valence-corrected chi connectivity index (χ1v) is 3.02.